The molecule has 6 heteroatoms. The molecule has 0 heterocycles. The molecule has 7 N–H and O–H groups in total. The van der Waals surface area contributed by atoms with Crippen molar-refractivity contribution in [2.24, 2.45) is 0 Å². The maximum atomic E-state index is 9.93. The van der Waals surface area contributed by atoms with Gasteiger partial charge in [0, 0.05) is 17.9 Å². The molecule has 0 aromatic heterocycles. The van der Waals surface area contributed by atoms with Crippen molar-refractivity contribution >= 4 is 22.7 Å². The molecule has 0 aliphatic heterocycles. The van der Waals surface area contributed by atoms with E-state index in [2.05, 4.69) is 5.32 Å². The molecule has 0 saturated heterocycles. The molecule has 2 atom stereocenters. The summed E-state index contributed by atoms with van der Waals surface area (Å²) in [5.41, 5.74) is 15.5. The quantitative estimate of drug-likeness (QED) is 0.412. The smallest absolute Gasteiger partial charge is 0.126 e. The highest BCUT2D eigenvalue weighted by atomic mass is 16.3. The number of benzene rings is 2. The first-order chi connectivity index (χ1) is 10.9. The molecule has 0 radical (unpaired) electrons. The fourth-order valence-corrected chi connectivity index (χ4v) is 2.53. The minimum Gasteiger partial charge on any atom is -0.399 e. The van der Waals surface area contributed by atoms with E-state index in [0.717, 1.165) is 11.3 Å². The van der Waals surface area contributed by atoms with E-state index in [1.54, 1.807) is 26.0 Å². The van der Waals surface area contributed by atoms with E-state index >= 15 is 0 Å². The number of anilines is 4. The predicted molar refractivity (Wildman–Crippen MR) is 94.9 cm³/mol. The van der Waals surface area contributed by atoms with Gasteiger partial charge in [-0.1, -0.05) is 12.1 Å². The van der Waals surface area contributed by atoms with Crippen LogP contribution in [0.3, 0.4) is 0 Å². The standard InChI is InChI=1S/C17H24N4O2/c1-11(22)21(12(2)23)17-6-4-3-5-16(17)20-10-13-9-14(18)7-8-15(13)19/h3-9,11-12,20,22-23H,10,18-19H2,1-2H3. The second-order valence-corrected chi connectivity index (χ2v) is 5.50. The van der Waals surface area contributed by atoms with Crippen LogP contribution in [0.4, 0.5) is 22.7 Å². The van der Waals surface area contributed by atoms with Gasteiger partial charge in [-0.2, -0.15) is 0 Å². The molecular weight excluding hydrogens is 292 g/mol. The van der Waals surface area contributed by atoms with Crippen molar-refractivity contribution in [1.29, 1.82) is 0 Å². The second-order valence-electron chi connectivity index (χ2n) is 5.50. The lowest BCUT2D eigenvalue weighted by Gasteiger charge is -2.32. The van der Waals surface area contributed by atoms with Crippen molar-refractivity contribution in [3.05, 3.63) is 48.0 Å². The zero-order valence-electron chi connectivity index (χ0n) is 13.4. The summed E-state index contributed by atoms with van der Waals surface area (Å²) >= 11 is 0. The summed E-state index contributed by atoms with van der Waals surface area (Å²) in [6.07, 6.45) is -1.65. The summed E-state index contributed by atoms with van der Waals surface area (Å²) in [6.45, 7) is 3.71. The Morgan fingerprint density at radius 2 is 1.70 bits per heavy atom. The fraction of sp³-hybridized carbons (Fsp3) is 0.294. The van der Waals surface area contributed by atoms with Crippen LogP contribution >= 0.6 is 0 Å². The second kappa shape index (κ2) is 7.21. The van der Waals surface area contributed by atoms with Gasteiger partial charge in [0.1, 0.15) is 12.5 Å². The average molecular weight is 316 g/mol. The van der Waals surface area contributed by atoms with Gasteiger partial charge in [-0.25, -0.2) is 0 Å². The highest BCUT2D eigenvalue weighted by Crippen LogP contribution is 2.29. The molecule has 2 aromatic rings. The Balaban J connectivity index is 2.25. The monoisotopic (exact) mass is 316 g/mol. The number of nitrogen functional groups attached to an aromatic ring is 2. The maximum Gasteiger partial charge on any atom is 0.126 e. The SMILES string of the molecule is CC(O)N(c1ccccc1NCc1cc(N)ccc1N)C(C)O. The molecule has 0 fully saturated rings. The Hall–Kier alpha value is -2.44. The molecule has 0 amide bonds. The topological polar surface area (TPSA) is 108 Å². The van der Waals surface area contributed by atoms with Gasteiger partial charge < -0.3 is 31.9 Å². The number of rotatable bonds is 6. The highest BCUT2D eigenvalue weighted by molar-refractivity contribution is 5.71. The summed E-state index contributed by atoms with van der Waals surface area (Å²) < 4.78 is 0. The first-order valence-corrected chi connectivity index (χ1v) is 7.51. The molecule has 6 nitrogen and oxygen atoms in total. The number of hydrogen-bond acceptors (Lipinski definition) is 6. The van der Waals surface area contributed by atoms with Gasteiger partial charge in [0.25, 0.3) is 0 Å². The minimum absolute atomic E-state index is 0.487. The predicted octanol–water partition coefficient (Wildman–Crippen LogP) is 1.95. The van der Waals surface area contributed by atoms with Crippen LogP contribution in [-0.4, -0.2) is 22.7 Å². The zero-order chi connectivity index (χ0) is 17.0. The van der Waals surface area contributed by atoms with E-state index < -0.39 is 12.5 Å². The molecule has 2 unspecified atom stereocenters. The van der Waals surface area contributed by atoms with Gasteiger partial charge in [0.2, 0.25) is 0 Å². The third-order valence-electron chi connectivity index (χ3n) is 3.62. The lowest BCUT2D eigenvalue weighted by atomic mass is 10.1. The summed E-state index contributed by atoms with van der Waals surface area (Å²) in [5.74, 6) is 0. The van der Waals surface area contributed by atoms with Crippen LogP contribution in [0.5, 0.6) is 0 Å². The van der Waals surface area contributed by atoms with E-state index in [4.69, 9.17) is 11.5 Å². The van der Waals surface area contributed by atoms with Gasteiger partial charge in [0.05, 0.1) is 11.4 Å². The van der Waals surface area contributed by atoms with Gasteiger partial charge in [-0.05, 0) is 49.7 Å². The van der Waals surface area contributed by atoms with Crippen molar-refractivity contribution in [2.45, 2.75) is 32.8 Å². The Morgan fingerprint density at radius 1 is 1.04 bits per heavy atom. The fourth-order valence-electron chi connectivity index (χ4n) is 2.53. The molecule has 2 aromatic carbocycles. The first kappa shape index (κ1) is 16.9. The van der Waals surface area contributed by atoms with E-state index in [-0.39, 0.29) is 0 Å². The molecule has 0 saturated carbocycles. The van der Waals surface area contributed by atoms with E-state index in [1.165, 1.54) is 4.90 Å². The summed E-state index contributed by atoms with van der Waals surface area (Å²) in [5, 5.41) is 23.1. The van der Waals surface area contributed by atoms with Gasteiger partial charge in [-0.15, -0.1) is 0 Å². The van der Waals surface area contributed by atoms with Crippen molar-refractivity contribution in [3.63, 3.8) is 0 Å². The van der Waals surface area contributed by atoms with Crippen LogP contribution in [0.25, 0.3) is 0 Å². The van der Waals surface area contributed by atoms with Gasteiger partial charge in [-0.3, -0.25) is 0 Å². The molecule has 0 bridgehead atoms. The van der Waals surface area contributed by atoms with E-state index in [1.807, 2.05) is 30.3 Å². The molecule has 0 aliphatic carbocycles. The van der Waals surface area contributed by atoms with Crippen LogP contribution in [-0.2, 0) is 6.54 Å². The lowest BCUT2D eigenvalue weighted by Crippen LogP contribution is -2.40. The molecule has 2 rings (SSSR count). The first-order valence-electron chi connectivity index (χ1n) is 7.51. The van der Waals surface area contributed by atoms with Crippen LogP contribution in [0.1, 0.15) is 19.4 Å². The van der Waals surface area contributed by atoms with Crippen molar-refractivity contribution in [3.8, 4) is 0 Å². The number of nitrogens with zero attached hydrogens (tertiary/aromatic N) is 1. The summed E-state index contributed by atoms with van der Waals surface area (Å²) in [4.78, 5) is 1.52. The number of nitrogens with two attached hydrogens (primary N) is 2. The number of aliphatic hydroxyl groups excluding tert-OH is 2. The number of aliphatic hydroxyl groups is 2. The van der Waals surface area contributed by atoms with Crippen molar-refractivity contribution < 1.29 is 10.2 Å². The minimum atomic E-state index is -0.824. The number of hydrogen-bond donors (Lipinski definition) is 5. The van der Waals surface area contributed by atoms with Crippen LogP contribution in [0.2, 0.25) is 0 Å². The molecular formula is C17H24N4O2. The van der Waals surface area contributed by atoms with Crippen LogP contribution < -0.4 is 21.7 Å². The Morgan fingerprint density at radius 3 is 2.35 bits per heavy atom. The molecule has 124 valence electrons. The number of para-hydroxylation sites is 2. The van der Waals surface area contributed by atoms with Crippen molar-refractivity contribution in [1.82, 2.24) is 0 Å². The molecule has 0 aliphatic rings. The van der Waals surface area contributed by atoms with Gasteiger partial charge >= 0.3 is 0 Å². The van der Waals surface area contributed by atoms with Crippen LogP contribution in [0, 0.1) is 0 Å². The Kier molecular flexibility index (Phi) is 5.31. The molecule has 23 heavy (non-hydrogen) atoms. The summed E-state index contributed by atoms with van der Waals surface area (Å²) in [7, 11) is 0. The normalized spacial score (nSPS) is 13.4. The average Bonchev–Trinajstić information content (AvgIpc) is 2.49. The summed E-state index contributed by atoms with van der Waals surface area (Å²) in [6, 6.07) is 12.8. The van der Waals surface area contributed by atoms with Crippen LogP contribution in [0.15, 0.2) is 42.5 Å². The Bertz CT molecular complexity index is 651. The molecule has 0 spiro atoms. The van der Waals surface area contributed by atoms with E-state index in [0.29, 0.717) is 23.6 Å². The maximum absolute atomic E-state index is 9.93. The lowest BCUT2D eigenvalue weighted by molar-refractivity contribution is 0.105. The van der Waals surface area contributed by atoms with Crippen molar-refractivity contribution in [2.75, 3.05) is 21.7 Å². The number of nitrogens with one attached hydrogen (secondary N) is 1. The zero-order valence-corrected chi connectivity index (χ0v) is 13.4. The van der Waals surface area contributed by atoms with Gasteiger partial charge in [0.15, 0.2) is 0 Å². The highest BCUT2D eigenvalue weighted by Gasteiger charge is 2.19. The Labute approximate surface area is 136 Å². The largest absolute Gasteiger partial charge is 0.399 e. The van der Waals surface area contributed by atoms with E-state index in [9.17, 15) is 10.2 Å². The third-order valence-corrected chi connectivity index (χ3v) is 3.62. The third kappa shape index (κ3) is 4.06.